The van der Waals surface area contributed by atoms with Crippen LogP contribution in [-0.4, -0.2) is 24.5 Å². The van der Waals surface area contributed by atoms with Gasteiger partial charge in [-0.15, -0.1) is 0 Å². The van der Waals surface area contributed by atoms with Crippen molar-refractivity contribution in [3.05, 3.63) is 83.7 Å². The highest BCUT2D eigenvalue weighted by Crippen LogP contribution is 2.18. The SMILES string of the molecule is CCc1ccc(Nc2ccnc(C(=O)NCCc3ccc(OC)cc3)c2)cc1. The van der Waals surface area contributed by atoms with Crippen LogP contribution in [0.3, 0.4) is 0 Å². The van der Waals surface area contributed by atoms with Gasteiger partial charge in [-0.2, -0.15) is 0 Å². The van der Waals surface area contributed by atoms with Gasteiger partial charge in [0.2, 0.25) is 0 Å². The zero-order valence-corrected chi connectivity index (χ0v) is 16.2. The Kier molecular flexibility index (Phi) is 6.63. The van der Waals surface area contributed by atoms with Crippen LogP contribution in [0.15, 0.2) is 66.9 Å². The molecule has 1 amide bonds. The molecular weight excluding hydrogens is 350 g/mol. The number of hydrogen-bond acceptors (Lipinski definition) is 4. The van der Waals surface area contributed by atoms with Crippen LogP contribution in [0.5, 0.6) is 5.75 Å². The Hall–Kier alpha value is -3.34. The lowest BCUT2D eigenvalue weighted by molar-refractivity contribution is 0.0949. The van der Waals surface area contributed by atoms with Gasteiger partial charge in [0.1, 0.15) is 11.4 Å². The fraction of sp³-hybridized carbons (Fsp3) is 0.217. The van der Waals surface area contributed by atoms with Gasteiger partial charge in [0.25, 0.3) is 5.91 Å². The first kappa shape index (κ1) is 19.4. The van der Waals surface area contributed by atoms with Gasteiger partial charge in [-0.3, -0.25) is 9.78 Å². The van der Waals surface area contributed by atoms with E-state index < -0.39 is 0 Å². The highest BCUT2D eigenvalue weighted by Gasteiger charge is 2.08. The van der Waals surface area contributed by atoms with Gasteiger partial charge in [-0.25, -0.2) is 0 Å². The lowest BCUT2D eigenvalue weighted by Crippen LogP contribution is -2.26. The van der Waals surface area contributed by atoms with Crippen LogP contribution in [0, 0.1) is 0 Å². The molecule has 5 nitrogen and oxygen atoms in total. The number of nitrogens with zero attached hydrogens (tertiary/aromatic N) is 1. The summed E-state index contributed by atoms with van der Waals surface area (Å²) in [4.78, 5) is 16.6. The predicted octanol–water partition coefficient (Wildman–Crippen LogP) is 4.37. The Balaban J connectivity index is 1.55. The molecule has 1 aromatic heterocycles. The van der Waals surface area contributed by atoms with Crippen LogP contribution in [0.1, 0.15) is 28.5 Å². The topological polar surface area (TPSA) is 63.2 Å². The number of pyridine rings is 1. The number of aryl methyl sites for hydroxylation is 1. The summed E-state index contributed by atoms with van der Waals surface area (Å²) >= 11 is 0. The van der Waals surface area contributed by atoms with Crippen molar-refractivity contribution in [1.82, 2.24) is 10.3 Å². The van der Waals surface area contributed by atoms with E-state index in [2.05, 4.69) is 34.7 Å². The maximum absolute atomic E-state index is 12.4. The van der Waals surface area contributed by atoms with Gasteiger partial charge in [0.15, 0.2) is 0 Å². The second kappa shape index (κ2) is 9.55. The molecule has 0 bridgehead atoms. The smallest absolute Gasteiger partial charge is 0.269 e. The first-order valence-electron chi connectivity index (χ1n) is 9.41. The number of carbonyl (C=O) groups is 1. The zero-order chi connectivity index (χ0) is 19.8. The lowest BCUT2D eigenvalue weighted by Gasteiger charge is -2.09. The maximum atomic E-state index is 12.4. The summed E-state index contributed by atoms with van der Waals surface area (Å²) in [7, 11) is 1.64. The number of carbonyl (C=O) groups excluding carboxylic acids is 1. The number of nitrogens with one attached hydrogen (secondary N) is 2. The second-order valence-corrected chi connectivity index (χ2v) is 6.46. The molecule has 0 spiro atoms. The summed E-state index contributed by atoms with van der Waals surface area (Å²) < 4.78 is 5.15. The van der Waals surface area contributed by atoms with Crippen molar-refractivity contribution < 1.29 is 9.53 Å². The Morgan fingerprint density at radius 2 is 1.68 bits per heavy atom. The third kappa shape index (κ3) is 5.33. The molecule has 0 fully saturated rings. The third-order valence-electron chi connectivity index (χ3n) is 4.50. The van der Waals surface area contributed by atoms with E-state index in [1.165, 1.54) is 5.56 Å². The number of benzene rings is 2. The van der Waals surface area contributed by atoms with Gasteiger partial charge >= 0.3 is 0 Å². The van der Waals surface area contributed by atoms with E-state index >= 15 is 0 Å². The van der Waals surface area contributed by atoms with E-state index in [1.807, 2.05) is 42.5 Å². The van der Waals surface area contributed by atoms with E-state index in [-0.39, 0.29) is 5.91 Å². The Labute approximate surface area is 165 Å². The van der Waals surface area contributed by atoms with E-state index in [4.69, 9.17) is 4.74 Å². The van der Waals surface area contributed by atoms with Gasteiger partial charge < -0.3 is 15.4 Å². The van der Waals surface area contributed by atoms with Crippen molar-refractivity contribution >= 4 is 17.3 Å². The summed E-state index contributed by atoms with van der Waals surface area (Å²) in [5.41, 5.74) is 4.64. The fourth-order valence-corrected chi connectivity index (χ4v) is 2.83. The van der Waals surface area contributed by atoms with Crippen LogP contribution in [0.2, 0.25) is 0 Å². The molecule has 0 unspecified atom stereocenters. The number of hydrogen-bond donors (Lipinski definition) is 2. The van der Waals surface area contributed by atoms with Gasteiger partial charge in [-0.05, 0) is 60.4 Å². The Morgan fingerprint density at radius 3 is 2.36 bits per heavy atom. The van der Waals surface area contributed by atoms with E-state index in [1.54, 1.807) is 19.4 Å². The highest BCUT2D eigenvalue weighted by molar-refractivity contribution is 5.93. The lowest BCUT2D eigenvalue weighted by atomic mass is 10.1. The molecule has 0 atom stereocenters. The van der Waals surface area contributed by atoms with E-state index in [0.29, 0.717) is 12.2 Å². The second-order valence-electron chi connectivity index (χ2n) is 6.46. The molecule has 5 heteroatoms. The van der Waals surface area contributed by atoms with Crippen LogP contribution in [-0.2, 0) is 12.8 Å². The average Bonchev–Trinajstić information content (AvgIpc) is 2.75. The number of ether oxygens (including phenoxy) is 1. The summed E-state index contributed by atoms with van der Waals surface area (Å²) in [6.45, 7) is 2.67. The molecule has 0 aliphatic heterocycles. The summed E-state index contributed by atoms with van der Waals surface area (Å²) in [6, 6.07) is 19.7. The molecule has 0 radical (unpaired) electrons. The molecule has 0 aliphatic carbocycles. The quantitative estimate of drug-likeness (QED) is 0.614. The largest absolute Gasteiger partial charge is 0.497 e. The number of methoxy groups -OCH3 is 1. The Bertz CT molecular complexity index is 906. The number of amides is 1. The fourth-order valence-electron chi connectivity index (χ4n) is 2.83. The normalized spacial score (nSPS) is 10.4. The minimum absolute atomic E-state index is 0.182. The van der Waals surface area contributed by atoms with Crippen molar-refractivity contribution in [3.8, 4) is 5.75 Å². The number of anilines is 2. The highest BCUT2D eigenvalue weighted by atomic mass is 16.5. The minimum atomic E-state index is -0.182. The summed E-state index contributed by atoms with van der Waals surface area (Å²) in [5.74, 6) is 0.643. The van der Waals surface area contributed by atoms with Crippen molar-refractivity contribution in [2.45, 2.75) is 19.8 Å². The van der Waals surface area contributed by atoms with Crippen molar-refractivity contribution in [2.24, 2.45) is 0 Å². The molecule has 0 saturated carbocycles. The molecule has 144 valence electrons. The van der Waals surface area contributed by atoms with Crippen LogP contribution in [0.4, 0.5) is 11.4 Å². The van der Waals surface area contributed by atoms with Crippen molar-refractivity contribution in [3.63, 3.8) is 0 Å². The summed E-state index contributed by atoms with van der Waals surface area (Å²) in [6.07, 6.45) is 3.40. The standard InChI is InChI=1S/C23H25N3O2/c1-3-17-4-8-19(9-5-17)26-20-13-15-24-22(16-20)23(27)25-14-12-18-6-10-21(28-2)11-7-18/h4-11,13,15-16H,3,12,14H2,1-2H3,(H,24,26)(H,25,27). The van der Waals surface area contributed by atoms with Crippen LogP contribution >= 0.6 is 0 Å². The number of rotatable bonds is 8. The van der Waals surface area contributed by atoms with E-state index in [9.17, 15) is 4.79 Å². The Morgan fingerprint density at radius 1 is 0.964 bits per heavy atom. The molecule has 1 heterocycles. The maximum Gasteiger partial charge on any atom is 0.269 e. The molecule has 2 N–H and O–H groups in total. The monoisotopic (exact) mass is 375 g/mol. The number of aromatic nitrogens is 1. The van der Waals surface area contributed by atoms with Crippen LogP contribution < -0.4 is 15.4 Å². The third-order valence-corrected chi connectivity index (χ3v) is 4.50. The minimum Gasteiger partial charge on any atom is -0.497 e. The van der Waals surface area contributed by atoms with Gasteiger partial charge in [-0.1, -0.05) is 31.2 Å². The van der Waals surface area contributed by atoms with Crippen molar-refractivity contribution in [1.29, 1.82) is 0 Å². The first-order chi connectivity index (χ1) is 13.7. The summed E-state index contributed by atoms with van der Waals surface area (Å²) in [5, 5.41) is 6.23. The molecule has 3 rings (SSSR count). The van der Waals surface area contributed by atoms with E-state index in [0.717, 1.165) is 35.5 Å². The first-order valence-corrected chi connectivity index (χ1v) is 9.41. The van der Waals surface area contributed by atoms with Crippen molar-refractivity contribution in [2.75, 3.05) is 19.0 Å². The van der Waals surface area contributed by atoms with Gasteiger partial charge in [0.05, 0.1) is 7.11 Å². The molecule has 0 saturated heterocycles. The molecule has 0 aliphatic rings. The molecular formula is C23H25N3O2. The molecule has 2 aromatic carbocycles. The predicted molar refractivity (Wildman–Crippen MR) is 112 cm³/mol. The molecule has 3 aromatic rings. The zero-order valence-electron chi connectivity index (χ0n) is 16.2. The average molecular weight is 375 g/mol. The van der Waals surface area contributed by atoms with Crippen LogP contribution in [0.25, 0.3) is 0 Å². The van der Waals surface area contributed by atoms with Gasteiger partial charge in [0, 0.05) is 24.1 Å². The molecule has 28 heavy (non-hydrogen) atoms.